The molecule has 0 amide bonds. The zero-order chi connectivity index (χ0) is 19.5. The minimum absolute atomic E-state index is 0.218. The first-order valence-corrected chi connectivity index (χ1v) is 9.61. The van der Waals surface area contributed by atoms with Gasteiger partial charge in [-0.3, -0.25) is 4.79 Å². The molecule has 0 aliphatic heterocycles. The molecule has 0 bridgehead atoms. The molecule has 1 aliphatic rings. The Morgan fingerprint density at radius 2 is 1.86 bits per heavy atom. The van der Waals surface area contributed by atoms with E-state index in [0.29, 0.717) is 5.75 Å². The molecule has 5 heteroatoms. The van der Waals surface area contributed by atoms with E-state index in [2.05, 4.69) is 4.98 Å². The zero-order valence-corrected chi connectivity index (χ0v) is 15.5. The maximum absolute atomic E-state index is 13.3. The lowest BCUT2D eigenvalue weighted by Crippen LogP contribution is -2.19. The number of rotatable bonds is 6. The number of benzene rings is 2. The van der Waals surface area contributed by atoms with Gasteiger partial charge in [0.05, 0.1) is 17.1 Å². The van der Waals surface area contributed by atoms with Crippen LogP contribution in [-0.2, 0) is 11.4 Å². The Morgan fingerprint density at radius 3 is 2.57 bits per heavy atom. The predicted molar refractivity (Wildman–Crippen MR) is 105 cm³/mol. The third-order valence-electron chi connectivity index (χ3n) is 5.47. The van der Waals surface area contributed by atoms with Crippen LogP contribution in [0, 0.1) is 11.7 Å². The average Bonchev–Trinajstić information content (AvgIpc) is 3.21. The summed E-state index contributed by atoms with van der Waals surface area (Å²) in [5.41, 5.74) is 2.30. The third kappa shape index (κ3) is 3.98. The van der Waals surface area contributed by atoms with Crippen molar-refractivity contribution in [3.63, 3.8) is 0 Å². The van der Waals surface area contributed by atoms with Crippen LogP contribution in [0.5, 0.6) is 5.75 Å². The van der Waals surface area contributed by atoms with E-state index >= 15 is 0 Å². The van der Waals surface area contributed by atoms with Crippen LogP contribution in [0.2, 0.25) is 0 Å². The van der Waals surface area contributed by atoms with Crippen LogP contribution in [0.15, 0.2) is 54.6 Å². The highest BCUT2D eigenvalue weighted by Gasteiger charge is 2.31. The summed E-state index contributed by atoms with van der Waals surface area (Å²) in [4.78, 5) is 16.2. The highest BCUT2D eigenvalue weighted by molar-refractivity contribution is 5.78. The molecule has 1 atom stereocenters. The van der Waals surface area contributed by atoms with Crippen molar-refractivity contribution in [2.75, 3.05) is 0 Å². The molecule has 4 nitrogen and oxygen atoms in total. The summed E-state index contributed by atoms with van der Waals surface area (Å²) in [7, 11) is 0. The summed E-state index contributed by atoms with van der Waals surface area (Å²) in [5.74, 6) is -0.594. The van der Waals surface area contributed by atoms with Gasteiger partial charge in [0, 0.05) is 5.39 Å². The van der Waals surface area contributed by atoms with Gasteiger partial charge < -0.3 is 9.84 Å². The van der Waals surface area contributed by atoms with Crippen LogP contribution in [0.4, 0.5) is 4.39 Å². The Labute approximate surface area is 163 Å². The highest BCUT2D eigenvalue weighted by atomic mass is 19.1. The molecule has 0 saturated heterocycles. The van der Waals surface area contributed by atoms with Crippen LogP contribution in [0.1, 0.15) is 42.9 Å². The minimum Gasteiger partial charge on any atom is -0.487 e. The van der Waals surface area contributed by atoms with Crippen LogP contribution in [0.25, 0.3) is 10.9 Å². The summed E-state index contributed by atoms with van der Waals surface area (Å²) in [5, 5.41) is 10.4. The molecule has 28 heavy (non-hydrogen) atoms. The number of hydrogen-bond donors (Lipinski definition) is 1. The standard InChI is InChI=1S/C23H22FNO3/c24-18-8-12-21-17(13-18)5-9-19(25-21)14-28-20-10-6-16(7-11-20)22(23(26)27)15-3-1-2-4-15/h5-13,15,22H,1-4,14H2,(H,26,27). The molecule has 1 aromatic heterocycles. The van der Waals surface area contributed by atoms with Gasteiger partial charge in [0.1, 0.15) is 18.2 Å². The number of ether oxygens (including phenoxy) is 1. The number of aliphatic carboxylic acids is 1. The van der Waals surface area contributed by atoms with Crippen molar-refractivity contribution in [1.29, 1.82) is 0 Å². The second-order valence-electron chi connectivity index (χ2n) is 7.36. The van der Waals surface area contributed by atoms with Gasteiger partial charge in [-0.05, 0) is 60.7 Å². The van der Waals surface area contributed by atoms with E-state index in [0.717, 1.165) is 47.8 Å². The quantitative estimate of drug-likeness (QED) is 0.630. The van der Waals surface area contributed by atoms with E-state index in [4.69, 9.17) is 4.74 Å². The minimum atomic E-state index is -0.752. The van der Waals surface area contributed by atoms with Gasteiger partial charge in [-0.1, -0.05) is 31.0 Å². The first kappa shape index (κ1) is 18.4. The van der Waals surface area contributed by atoms with Crippen molar-refractivity contribution in [2.45, 2.75) is 38.2 Å². The van der Waals surface area contributed by atoms with Crippen LogP contribution >= 0.6 is 0 Å². The highest BCUT2D eigenvalue weighted by Crippen LogP contribution is 2.38. The van der Waals surface area contributed by atoms with Crippen molar-refractivity contribution in [3.8, 4) is 5.75 Å². The second-order valence-corrected chi connectivity index (χ2v) is 7.36. The molecule has 1 unspecified atom stereocenters. The summed E-state index contributed by atoms with van der Waals surface area (Å²) >= 11 is 0. The first-order valence-electron chi connectivity index (χ1n) is 9.61. The molecule has 0 spiro atoms. The molecule has 2 aromatic carbocycles. The fraction of sp³-hybridized carbons (Fsp3) is 0.304. The first-order chi connectivity index (χ1) is 13.6. The van der Waals surface area contributed by atoms with E-state index in [1.165, 1.54) is 12.1 Å². The number of hydrogen-bond acceptors (Lipinski definition) is 3. The lowest BCUT2D eigenvalue weighted by atomic mass is 9.85. The predicted octanol–water partition coefficient (Wildman–Crippen LogP) is 5.31. The number of carboxylic acids is 1. The van der Waals surface area contributed by atoms with E-state index in [1.807, 2.05) is 36.4 Å². The molecule has 1 heterocycles. The molecule has 0 radical (unpaired) electrons. The maximum atomic E-state index is 13.3. The molecule has 1 saturated carbocycles. The summed E-state index contributed by atoms with van der Waals surface area (Å²) in [6, 6.07) is 15.5. The van der Waals surface area contributed by atoms with E-state index in [-0.39, 0.29) is 18.3 Å². The molecule has 4 rings (SSSR count). The van der Waals surface area contributed by atoms with Crippen LogP contribution in [-0.4, -0.2) is 16.1 Å². The van der Waals surface area contributed by atoms with Gasteiger partial charge in [-0.25, -0.2) is 9.37 Å². The van der Waals surface area contributed by atoms with Crippen LogP contribution in [0.3, 0.4) is 0 Å². The van der Waals surface area contributed by atoms with Crippen molar-refractivity contribution in [1.82, 2.24) is 4.98 Å². The van der Waals surface area contributed by atoms with Gasteiger partial charge in [0.15, 0.2) is 0 Å². The van der Waals surface area contributed by atoms with Gasteiger partial charge in [0.2, 0.25) is 0 Å². The fourth-order valence-corrected chi connectivity index (χ4v) is 4.05. The van der Waals surface area contributed by atoms with Gasteiger partial charge in [-0.15, -0.1) is 0 Å². The van der Waals surface area contributed by atoms with E-state index < -0.39 is 11.9 Å². The number of pyridine rings is 1. The smallest absolute Gasteiger partial charge is 0.311 e. The zero-order valence-electron chi connectivity index (χ0n) is 15.5. The Kier molecular flexibility index (Phi) is 5.24. The number of fused-ring (bicyclic) bond motifs is 1. The number of halogens is 1. The largest absolute Gasteiger partial charge is 0.487 e. The number of carboxylic acid groups (broad SMARTS) is 1. The Morgan fingerprint density at radius 1 is 1.11 bits per heavy atom. The summed E-state index contributed by atoms with van der Waals surface area (Å²) in [6.07, 6.45) is 4.18. The van der Waals surface area contributed by atoms with E-state index in [1.54, 1.807) is 6.07 Å². The Balaban J connectivity index is 1.44. The molecular weight excluding hydrogens is 357 g/mol. The number of nitrogens with zero attached hydrogens (tertiary/aromatic N) is 1. The van der Waals surface area contributed by atoms with Gasteiger partial charge >= 0.3 is 5.97 Å². The van der Waals surface area contributed by atoms with E-state index in [9.17, 15) is 14.3 Å². The fourth-order valence-electron chi connectivity index (χ4n) is 4.05. The molecule has 1 fully saturated rings. The maximum Gasteiger partial charge on any atom is 0.311 e. The van der Waals surface area contributed by atoms with Crippen molar-refractivity contribution >= 4 is 16.9 Å². The normalized spacial score (nSPS) is 15.6. The number of carbonyl (C=O) groups is 1. The van der Waals surface area contributed by atoms with Gasteiger partial charge in [-0.2, -0.15) is 0 Å². The Bertz CT molecular complexity index is 981. The van der Waals surface area contributed by atoms with Crippen molar-refractivity contribution in [3.05, 3.63) is 71.7 Å². The molecule has 1 N–H and O–H groups in total. The lowest BCUT2D eigenvalue weighted by Gasteiger charge is -2.19. The van der Waals surface area contributed by atoms with Crippen molar-refractivity contribution in [2.24, 2.45) is 5.92 Å². The molecule has 3 aromatic rings. The summed E-state index contributed by atoms with van der Waals surface area (Å²) < 4.78 is 19.1. The molecule has 144 valence electrons. The third-order valence-corrected chi connectivity index (χ3v) is 5.47. The van der Waals surface area contributed by atoms with Crippen molar-refractivity contribution < 1.29 is 19.0 Å². The average molecular weight is 379 g/mol. The number of aromatic nitrogens is 1. The monoisotopic (exact) mass is 379 g/mol. The summed E-state index contributed by atoms with van der Waals surface area (Å²) in [6.45, 7) is 0.289. The Hall–Kier alpha value is -2.95. The SMILES string of the molecule is O=C(O)C(c1ccc(OCc2ccc3cc(F)ccc3n2)cc1)C1CCCC1. The molecule has 1 aliphatic carbocycles. The molecular formula is C23H22FNO3. The lowest BCUT2D eigenvalue weighted by molar-refractivity contribution is -0.140. The second kappa shape index (κ2) is 7.97. The topological polar surface area (TPSA) is 59.4 Å². The van der Waals surface area contributed by atoms with Gasteiger partial charge in [0.25, 0.3) is 0 Å². The van der Waals surface area contributed by atoms with Crippen LogP contribution < -0.4 is 4.74 Å².